The van der Waals surface area contributed by atoms with Gasteiger partial charge in [-0.05, 0) is 43.9 Å². The largest absolute Gasteiger partial charge is 0.381 e. The molecule has 20 heavy (non-hydrogen) atoms. The molecule has 0 unspecified atom stereocenters. The van der Waals surface area contributed by atoms with Crippen LogP contribution in [0.3, 0.4) is 0 Å². The van der Waals surface area contributed by atoms with E-state index in [9.17, 15) is 4.79 Å². The van der Waals surface area contributed by atoms with E-state index in [2.05, 4.69) is 9.80 Å². The monoisotopic (exact) mass is 278 g/mol. The van der Waals surface area contributed by atoms with Crippen molar-refractivity contribution in [1.29, 1.82) is 0 Å². The molecule has 0 aromatic heterocycles. The van der Waals surface area contributed by atoms with E-state index in [0.717, 1.165) is 25.3 Å². The van der Waals surface area contributed by atoms with E-state index >= 15 is 0 Å². The number of methoxy groups -OCH3 is 1. The van der Waals surface area contributed by atoms with Gasteiger partial charge in [0.15, 0.2) is 0 Å². The van der Waals surface area contributed by atoms with Crippen molar-refractivity contribution in [3.05, 3.63) is 0 Å². The molecule has 4 saturated heterocycles. The maximum absolute atomic E-state index is 12.2. The van der Waals surface area contributed by atoms with Crippen molar-refractivity contribution in [2.24, 2.45) is 11.8 Å². The summed E-state index contributed by atoms with van der Waals surface area (Å²) < 4.78 is 5.60. The fraction of sp³-hybridized carbons (Fsp3) is 0.938. The summed E-state index contributed by atoms with van der Waals surface area (Å²) in [6.07, 6.45) is 7.25. The Balaban J connectivity index is 1.55. The summed E-state index contributed by atoms with van der Waals surface area (Å²) in [5, 5.41) is 0. The molecule has 0 aromatic carbocycles. The van der Waals surface area contributed by atoms with Gasteiger partial charge in [0.1, 0.15) is 0 Å². The molecule has 0 aromatic rings. The van der Waals surface area contributed by atoms with Crippen molar-refractivity contribution in [3.8, 4) is 0 Å². The van der Waals surface area contributed by atoms with Crippen LogP contribution in [-0.4, -0.2) is 60.6 Å². The molecule has 4 aliphatic heterocycles. The SMILES string of the molecule is CO[C@H]1CCN2C[C@@H]3C[C@@H](CN4C(=O)CCC[C@H]34)[C@@H]2C1. The van der Waals surface area contributed by atoms with E-state index in [1.807, 2.05) is 7.11 Å². The number of hydrogen-bond donors (Lipinski definition) is 0. The molecule has 0 N–H and O–H groups in total. The number of piperidine rings is 4. The zero-order valence-corrected chi connectivity index (χ0v) is 12.5. The van der Waals surface area contributed by atoms with E-state index < -0.39 is 0 Å². The Bertz CT molecular complexity index is 400. The summed E-state index contributed by atoms with van der Waals surface area (Å²) in [6, 6.07) is 1.20. The van der Waals surface area contributed by atoms with Crippen LogP contribution >= 0.6 is 0 Å². The number of fused-ring (bicyclic) bond motifs is 6. The maximum atomic E-state index is 12.2. The molecule has 4 nitrogen and oxygen atoms in total. The third-order valence-corrected chi connectivity index (χ3v) is 6.25. The molecule has 0 saturated carbocycles. The molecule has 5 atom stereocenters. The van der Waals surface area contributed by atoms with Gasteiger partial charge in [-0.2, -0.15) is 0 Å². The first-order valence-electron chi connectivity index (χ1n) is 8.32. The summed E-state index contributed by atoms with van der Waals surface area (Å²) >= 11 is 0. The highest BCUT2D eigenvalue weighted by molar-refractivity contribution is 5.77. The van der Waals surface area contributed by atoms with Gasteiger partial charge in [0, 0.05) is 45.2 Å². The Kier molecular flexibility index (Phi) is 3.26. The molecule has 0 radical (unpaired) electrons. The lowest BCUT2D eigenvalue weighted by molar-refractivity contribution is -0.150. The van der Waals surface area contributed by atoms with E-state index in [1.165, 1.54) is 38.8 Å². The van der Waals surface area contributed by atoms with Crippen molar-refractivity contribution < 1.29 is 9.53 Å². The Morgan fingerprint density at radius 3 is 2.80 bits per heavy atom. The number of carbonyl (C=O) groups excluding carboxylic acids is 1. The van der Waals surface area contributed by atoms with Crippen molar-refractivity contribution in [1.82, 2.24) is 9.80 Å². The van der Waals surface area contributed by atoms with Gasteiger partial charge in [-0.3, -0.25) is 9.69 Å². The third-order valence-electron chi connectivity index (χ3n) is 6.25. The highest BCUT2D eigenvalue weighted by Gasteiger charge is 2.49. The van der Waals surface area contributed by atoms with Crippen LogP contribution in [0.25, 0.3) is 0 Å². The summed E-state index contributed by atoms with van der Waals surface area (Å²) in [6.45, 7) is 3.42. The molecule has 2 bridgehead atoms. The zero-order valence-electron chi connectivity index (χ0n) is 12.5. The zero-order chi connectivity index (χ0) is 13.7. The number of hydrogen-bond acceptors (Lipinski definition) is 3. The first-order chi connectivity index (χ1) is 9.76. The van der Waals surface area contributed by atoms with Crippen molar-refractivity contribution >= 4 is 5.91 Å². The number of nitrogens with zero attached hydrogens (tertiary/aromatic N) is 2. The molecule has 0 aliphatic carbocycles. The van der Waals surface area contributed by atoms with Crippen LogP contribution in [0.5, 0.6) is 0 Å². The van der Waals surface area contributed by atoms with Crippen LogP contribution in [0.15, 0.2) is 0 Å². The van der Waals surface area contributed by atoms with E-state index in [0.29, 0.717) is 30.0 Å². The first kappa shape index (κ1) is 13.1. The van der Waals surface area contributed by atoms with Gasteiger partial charge in [0.05, 0.1) is 6.10 Å². The first-order valence-corrected chi connectivity index (χ1v) is 8.32. The van der Waals surface area contributed by atoms with Gasteiger partial charge < -0.3 is 9.64 Å². The average Bonchev–Trinajstić information content (AvgIpc) is 2.48. The van der Waals surface area contributed by atoms with Gasteiger partial charge >= 0.3 is 0 Å². The predicted molar refractivity (Wildman–Crippen MR) is 76.3 cm³/mol. The standard InChI is InChI=1S/C16H26N2O2/c1-20-13-5-6-17-9-11-7-12(15(17)8-13)10-18-14(11)3-2-4-16(18)19/h11-15H,2-10H2,1H3/t11-,12-,13-,14+,15-/m0/s1. The normalized spacial score (nSPS) is 45.0. The number of amides is 1. The van der Waals surface area contributed by atoms with Crippen LogP contribution < -0.4 is 0 Å². The second kappa shape index (κ2) is 4.99. The van der Waals surface area contributed by atoms with Crippen LogP contribution in [-0.2, 0) is 9.53 Å². The van der Waals surface area contributed by atoms with Crippen LogP contribution in [0.1, 0.15) is 38.5 Å². The van der Waals surface area contributed by atoms with Gasteiger partial charge in [0.25, 0.3) is 0 Å². The Morgan fingerprint density at radius 2 is 1.95 bits per heavy atom. The van der Waals surface area contributed by atoms with Gasteiger partial charge in [-0.15, -0.1) is 0 Å². The minimum atomic E-state index is 0.420. The number of ether oxygens (including phenoxy) is 1. The average molecular weight is 278 g/mol. The molecule has 112 valence electrons. The second-order valence-electron chi connectivity index (χ2n) is 7.21. The summed E-state index contributed by atoms with van der Waals surface area (Å²) in [5.41, 5.74) is 0. The minimum Gasteiger partial charge on any atom is -0.381 e. The Morgan fingerprint density at radius 1 is 1.10 bits per heavy atom. The third kappa shape index (κ3) is 2.00. The molecular formula is C16H26N2O2. The summed E-state index contributed by atoms with van der Waals surface area (Å²) in [5.74, 6) is 1.84. The second-order valence-corrected chi connectivity index (χ2v) is 7.21. The van der Waals surface area contributed by atoms with Crippen LogP contribution in [0, 0.1) is 11.8 Å². The minimum absolute atomic E-state index is 0.420. The lowest BCUT2D eigenvalue weighted by atomic mass is 9.70. The predicted octanol–water partition coefficient (Wildman–Crippen LogP) is 1.50. The molecule has 1 amide bonds. The van der Waals surface area contributed by atoms with Crippen LogP contribution in [0.2, 0.25) is 0 Å². The van der Waals surface area contributed by atoms with Gasteiger partial charge in [-0.25, -0.2) is 0 Å². The maximum Gasteiger partial charge on any atom is 0.222 e. The molecule has 4 aliphatic rings. The molecular weight excluding hydrogens is 252 g/mol. The van der Waals surface area contributed by atoms with Crippen molar-refractivity contribution in [2.75, 3.05) is 26.7 Å². The Labute approximate surface area is 121 Å². The molecule has 4 heterocycles. The summed E-state index contributed by atoms with van der Waals surface area (Å²) in [4.78, 5) is 17.2. The topological polar surface area (TPSA) is 32.8 Å². The molecule has 4 heteroatoms. The van der Waals surface area contributed by atoms with Gasteiger partial charge in [-0.1, -0.05) is 0 Å². The quantitative estimate of drug-likeness (QED) is 0.728. The van der Waals surface area contributed by atoms with E-state index in [4.69, 9.17) is 4.74 Å². The summed E-state index contributed by atoms with van der Waals surface area (Å²) in [7, 11) is 1.84. The van der Waals surface area contributed by atoms with E-state index in [-0.39, 0.29) is 0 Å². The molecule has 4 fully saturated rings. The number of carbonyl (C=O) groups is 1. The lowest BCUT2D eigenvalue weighted by Crippen LogP contribution is -2.65. The van der Waals surface area contributed by atoms with Gasteiger partial charge in [0.2, 0.25) is 5.91 Å². The smallest absolute Gasteiger partial charge is 0.222 e. The highest BCUT2D eigenvalue weighted by Crippen LogP contribution is 2.43. The fourth-order valence-electron chi connectivity index (χ4n) is 5.27. The Hall–Kier alpha value is -0.610. The fourth-order valence-corrected chi connectivity index (χ4v) is 5.27. The van der Waals surface area contributed by atoms with E-state index in [1.54, 1.807) is 0 Å². The van der Waals surface area contributed by atoms with Crippen LogP contribution in [0.4, 0.5) is 0 Å². The lowest BCUT2D eigenvalue weighted by Gasteiger charge is -2.57. The van der Waals surface area contributed by atoms with Crippen molar-refractivity contribution in [2.45, 2.75) is 56.7 Å². The molecule has 4 rings (SSSR count). The van der Waals surface area contributed by atoms with Crippen molar-refractivity contribution in [3.63, 3.8) is 0 Å². The molecule has 0 spiro atoms. The highest BCUT2D eigenvalue weighted by atomic mass is 16.5. The number of rotatable bonds is 1.